The van der Waals surface area contributed by atoms with Gasteiger partial charge in [-0.3, -0.25) is 19.3 Å². The molecule has 2 rings (SSSR count). The van der Waals surface area contributed by atoms with E-state index in [1.165, 1.54) is 0 Å². The van der Waals surface area contributed by atoms with E-state index in [1.807, 2.05) is 0 Å². The van der Waals surface area contributed by atoms with E-state index in [9.17, 15) is 14.4 Å². The maximum Gasteiger partial charge on any atom is 0.299 e. The number of nitrogens with one attached hydrogen (secondary N) is 1. The van der Waals surface area contributed by atoms with Crippen LogP contribution in [0.2, 0.25) is 0 Å². The Morgan fingerprint density at radius 3 is 2.79 bits per heavy atom. The minimum absolute atomic E-state index is 0.111. The number of rotatable bonds is 4. The van der Waals surface area contributed by atoms with Crippen LogP contribution in [0, 0.1) is 0 Å². The number of aliphatic hydroxyl groups is 1. The fourth-order valence-corrected chi connectivity index (χ4v) is 2.39. The van der Waals surface area contributed by atoms with Crippen LogP contribution in [0.3, 0.4) is 0 Å². The molecule has 0 radical (unpaired) electrons. The van der Waals surface area contributed by atoms with Crippen LogP contribution in [0.1, 0.15) is 10.4 Å². The molecule has 1 aromatic carbocycles. The highest BCUT2D eigenvalue weighted by molar-refractivity contribution is 9.10. The SMILES string of the molecule is O=C(CN1C(=O)C(=O)c2c(Br)cccc21)NCCO. The zero-order valence-electron chi connectivity index (χ0n) is 9.85. The maximum atomic E-state index is 11.8. The van der Waals surface area contributed by atoms with Crippen LogP contribution in [0.4, 0.5) is 5.69 Å². The Balaban J connectivity index is 2.24. The summed E-state index contributed by atoms with van der Waals surface area (Å²) in [6.45, 7) is -0.311. The van der Waals surface area contributed by atoms with Gasteiger partial charge in [0, 0.05) is 11.0 Å². The highest BCUT2D eigenvalue weighted by Crippen LogP contribution is 2.33. The second-order valence-electron chi connectivity index (χ2n) is 3.93. The summed E-state index contributed by atoms with van der Waals surface area (Å²) in [5.74, 6) is -1.78. The first-order valence-corrected chi connectivity index (χ1v) is 6.38. The average molecular weight is 327 g/mol. The molecule has 7 heteroatoms. The van der Waals surface area contributed by atoms with Crippen LogP contribution >= 0.6 is 15.9 Å². The Bertz CT molecular complexity index is 559. The van der Waals surface area contributed by atoms with Gasteiger partial charge in [0.05, 0.1) is 17.9 Å². The van der Waals surface area contributed by atoms with Crippen molar-refractivity contribution in [3.05, 3.63) is 28.2 Å². The number of anilines is 1. The van der Waals surface area contributed by atoms with E-state index in [4.69, 9.17) is 5.11 Å². The summed E-state index contributed by atoms with van der Waals surface area (Å²) in [5.41, 5.74) is 0.700. The molecule has 0 aromatic heterocycles. The molecule has 1 heterocycles. The number of carbonyl (C=O) groups is 3. The summed E-state index contributed by atoms with van der Waals surface area (Å²) in [6.07, 6.45) is 0. The number of hydrogen-bond acceptors (Lipinski definition) is 4. The van der Waals surface area contributed by atoms with Crippen molar-refractivity contribution in [3.8, 4) is 0 Å². The predicted molar refractivity (Wildman–Crippen MR) is 70.9 cm³/mol. The topological polar surface area (TPSA) is 86.7 Å². The van der Waals surface area contributed by atoms with Crippen molar-refractivity contribution in [2.24, 2.45) is 0 Å². The number of Topliss-reactive ketones (excluding diaryl/α,β-unsaturated/α-hetero) is 1. The van der Waals surface area contributed by atoms with Crippen LogP contribution < -0.4 is 10.2 Å². The molecule has 1 aliphatic heterocycles. The number of nitrogens with zero attached hydrogens (tertiary/aromatic N) is 1. The molecule has 2 amide bonds. The van der Waals surface area contributed by atoms with E-state index in [-0.39, 0.29) is 25.3 Å². The lowest BCUT2D eigenvalue weighted by Gasteiger charge is -2.15. The molecule has 0 saturated heterocycles. The maximum absolute atomic E-state index is 11.8. The lowest BCUT2D eigenvalue weighted by molar-refractivity contribution is -0.122. The van der Waals surface area contributed by atoms with Crippen LogP contribution in [-0.4, -0.2) is 42.4 Å². The lowest BCUT2D eigenvalue weighted by atomic mass is 10.1. The summed E-state index contributed by atoms with van der Waals surface area (Å²) in [6, 6.07) is 4.97. The summed E-state index contributed by atoms with van der Waals surface area (Å²) in [4.78, 5) is 36.4. The Kier molecular flexibility index (Phi) is 3.96. The molecule has 0 unspecified atom stereocenters. The van der Waals surface area contributed by atoms with Gasteiger partial charge >= 0.3 is 0 Å². The second-order valence-corrected chi connectivity index (χ2v) is 4.78. The number of aliphatic hydroxyl groups excluding tert-OH is 1. The summed E-state index contributed by atoms with van der Waals surface area (Å²) >= 11 is 3.22. The molecular formula is C12H11BrN2O4. The largest absolute Gasteiger partial charge is 0.395 e. The number of fused-ring (bicyclic) bond motifs is 1. The van der Waals surface area contributed by atoms with Gasteiger partial charge in [-0.15, -0.1) is 0 Å². The summed E-state index contributed by atoms with van der Waals surface area (Å²) in [7, 11) is 0. The third-order valence-electron chi connectivity index (χ3n) is 2.68. The van der Waals surface area contributed by atoms with Crippen LogP contribution in [0.25, 0.3) is 0 Å². The number of ketones is 1. The minimum atomic E-state index is -0.721. The highest BCUT2D eigenvalue weighted by atomic mass is 79.9. The fraction of sp³-hybridized carbons (Fsp3) is 0.250. The van der Waals surface area contributed by atoms with Gasteiger partial charge in [-0.2, -0.15) is 0 Å². The van der Waals surface area contributed by atoms with Crippen molar-refractivity contribution < 1.29 is 19.5 Å². The van der Waals surface area contributed by atoms with Gasteiger partial charge < -0.3 is 10.4 Å². The smallest absolute Gasteiger partial charge is 0.299 e. The van der Waals surface area contributed by atoms with E-state index in [2.05, 4.69) is 21.2 Å². The van der Waals surface area contributed by atoms with Crippen LogP contribution in [0.15, 0.2) is 22.7 Å². The molecule has 19 heavy (non-hydrogen) atoms. The minimum Gasteiger partial charge on any atom is -0.395 e. The van der Waals surface area contributed by atoms with E-state index >= 15 is 0 Å². The first-order chi connectivity index (χ1) is 9.06. The molecule has 1 aliphatic rings. The molecule has 100 valence electrons. The van der Waals surface area contributed by atoms with Gasteiger partial charge in [0.25, 0.3) is 11.7 Å². The standard InChI is InChI=1S/C12H11BrN2O4/c13-7-2-1-3-8-10(7)11(18)12(19)15(8)6-9(17)14-4-5-16/h1-3,16H,4-6H2,(H,14,17). The summed E-state index contributed by atoms with van der Waals surface area (Å²) < 4.78 is 0.529. The Morgan fingerprint density at radius 1 is 1.37 bits per heavy atom. The highest BCUT2D eigenvalue weighted by Gasteiger charge is 2.38. The molecule has 0 aliphatic carbocycles. The third-order valence-corrected chi connectivity index (χ3v) is 3.35. The van der Waals surface area contributed by atoms with E-state index in [0.29, 0.717) is 10.2 Å². The molecule has 0 saturated carbocycles. The van der Waals surface area contributed by atoms with Crippen molar-refractivity contribution >= 4 is 39.2 Å². The molecule has 0 fully saturated rings. The Morgan fingerprint density at radius 2 is 2.11 bits per heavy atom. The monoisotopic (exact) mass is 326 g/mol. The zero-order valence-corrected chi connectivity index (χ0v) is 11.4. The van der Waals surface area contributed by atoms with Crippen molar-refractivity contribution in [2.45, 2.75) is 0 Å². The van der Waals surface area contributed by atoms with E-state index < -0.39 is 17.6 Å². The number of benzene rings is 1. The second kappa shape index (κ2) is 5.50. The van der Waals surface area contributed by atoms with E-state index in [0.717, 1.165) is 4.90 Å². The first kappa shape index (κ1) is 13.7. The van der Waals surface area contributed by atoms with Gasteiger partial charge in [0.15, 0.2) is 0 Å². The van der Waals surface area contributed by atoms with Crippen LogP contribution in [0.5, 0.6) is 0 Å². The Hall–Kier alpha value is -1.73. The van der Waals surface area contributed by atoms with Gasteiger partial charge in [0.1, 0.15) is 6.54 Å². The quantitative estimate of drug-likeness (QED) is 0.767. The lowest BCUT2D eigenvalue weighted by Crippen LogP contribution is -2.40. The van der Waals surface area contributed by atoms with Gasteiger partial charge in [-0.25, -0.2) is 0 Å². The third kappa shape index (κ3) is 2.52. The normalized spacial score (nSPS) is 13.7. The molecule has 0 spiro atoms. The number of amides is 2. The number of carbonyl (C=O) groups excluding carboxylic acids is 3. The first-order valence-electron chi connectivity index (χ1n) is 5.58. The zero-order chi connectivity index (χ0) is 14.0. The molecular weight excluding hydrogens is 316 g/mol. The van der Waals surface area contributed by atoms with Crippen molar-refractivity contribution in [2.75, 3.05) is 24.6 Å². The molecule has 2 N–H and O–H groups in total. The van der Waals surface area contributed by atoms with Crippen molar-refractivity contribution in [1.29, 1.82) is 0 Å². The van der Waals surface area contributed by atoms with Gasteiger partial charge in [-0.1, -0.05) is 6.07 Å². The average Bonchev–Trinajstić information content (AvgIpc) is 2.63. The fourth-order valence-electron chi connectivity index (χ4n) is 1.85. The molecule has 0 bridgehead atoms. The Labute approximate surface area is 117 Å². The van der Waals surface area contributed by atoms with Crippen LogP contribution in [-0.2, 0) is 9.59 Å². The molecule has 1 aromatic rings. The van der Waals surface area contributed by atoms with E-state index in [1.54, 1.807) is 18.2 Å². The predicted octanol–water partition coefficient (Wildman–Crippen LogP) is 0.0869. The molecule has 6 nitrogen and oxygen atoms in total. The summed E-state index contributed by atoms with van der Waals surface area (Å²) in [5, 5.41) is 11.0. The number of halogens is 1. The van der Waals surface area contributed by atoms with Crippen molar-refractivity contribution in [1.82, 2.24) is 5.32 Å². The number of hydrogen-bond donors (Lipinski definition) is 2. The van der Waals surface area contributed by atoms with Crippen molar-refractivity contribution in [3.63, 3.8) is 0 Å². The molecule has 0 atom stereocenters. The van der Waals surface area contributed by atoms with Gasteiger partial charge in [-0.05, 0) is 28.1 Å². The van der Waals surface area contributed by atoms with Gasteiger partial charge in [0.2, 0.25) is 5.91 Å².